The molecule has 0 spiro atoms. The summed E-state index contributed by atoms with van der Waals surface area (Å²) in [6.45, 7) is 0. The zero-order valence-electron chi connectivity index (χ0n) is 9.26. The Bertz CT molecular complexity index is 598. The van der Waals surface area contributed by atoms with Crippen molar-refractivity contribution < 1.29 is 0 Å². The second-order valence-electron chi connectivity index (χ2n) is 4.13. The Kier molecular flexibility index (Phi) is 2.62. The van der Waals surface area contributed by atoms with E-state index in [0.717, 1.165) is 12.0 Å². The van der Waals surface area contributed by atoms with Crippen LogP contribution in [0, 0.1) is 11.3 Å². The Morgan fingerprint density at radius 1 is 1.00 bits per heavy atom. The lowest BCUT2D eigenvalue weighted by Gasteiger charge is -2.08. The fraction of sp³-hybridized carbons (Fsp3) is 0.133. The van der Waals surface area contributed by atoms with Crippen molar-refractivity contribution in [1.29, 1.82) is 5.26 Å². The van der Waals surface area contributed by atoms with Gasteiger partial charge in [0.1, 0.15) is 0 Å². The fourth-order valence-corrected chi connectivity index (χ4v) is 3.34. The smallest absolute Gasteiger partial charge is 0.0764 e. The van der Waals surface area contributed by atoms with Crippen LogP contribution in [0.3, 0.4) is 0 Å². The van der Waals surface area contributed by atoms with Crippen LogP contribution >= 0.6 is 11.8 Å². The minimum atomic E-state index is -0.0256. The molecule has 0 amide bonds. The number of nitrogens with zero attached hydrogens (tertiary/aromatic N) is 1. The summed E-state index contributed by atoms with van der Waals surface area (Å²) in [6, 6.07) is 19.0. The Morgan fingerprint density at radius 2 is 1.71 bits per heavy atom. The van der Waals surface area contributed by atoms with Crippen LogP contribution in [0.2, 0.25) is 0 Å². The van der Waals surface area contributed by atoms with Crippen molar-refractivity contribution in [3.63, 3.8) is 0 Å². The Morgan fingerprint density at radius 3 is 2.53 bits per heavy atom. The topological polar surface area (TPSA) is 23.8 Å². The van der Waals surface area contributed by atoms with Gasteiger partial charge in [-0.2, -0.15) is 5.26 Å². The monoisotopic (exact) mass is 237 g/mol. The van der Waals surface area contributed by atoms with Crippen molar-refractivity contribution in [2.24, 2.45) is 0 Å². The van der Waals surface area contributed by atoms with E-state index in [2.05, 4.69) is 36.4 Å². The maximum Gasteiger partial charge on any atom is 0.0764 e. The van der Waals surface area contributed by atoms with Crippen LogP contribution in [0.4, 0.5) is 0 Å². The number of benzene rings is 2. The molecule has 2 aromatic rings. The number of nitriles is 1. The molecule has 0 bridgehead atoms. The summed E-state index contributed by atoms with van der Waals surface area (Å²) >= 11 is 1.77. The Balaban J connectivity index is 2.17. The number of hydrogen-bond acceptors (Lipinski definition) is 2. The molecule has 17 heavy (non-hydrogen) atoms. The summed E-state index contributed by atoms with van der Waals surface area (Å²) in [5.41, 5.74) is 2.44. The predicted molar refractivity (Wildman–Crippen MR) is 69.1 cm³/mol. The van der Waals surface area contributed by atoms with E-state index in [1.807, 2.05) is 18.2 Å². The van der Waals surface area contributed by atoms with Gasteiger partial charge in [0.05, 0.1) is 12.0 Å². The van der Waals surface area contributed by atoms with Gasteiger partial charge in [-0.15, -0.1) is 0 Å². The van der Waals surface area contributed by atoms with Crippen LogP contribution in [0.25, 0.3) is 0 Å². The van der Waals surface area contributed by atoms with Gasteiger partial charge >= 0.3 is 0 Å². The third kappa shape index (κ3) is 1.83. The molecule has 0 saturated heterocycles. The summed E-state index contributed by atoms with van der Waals surface area (Å²) in [7, 11) is 0. The van der Waals surface area contributed by atoms with Gasteiger partial charge in [0, 0.05) is 9.79 Å². The molecule has 1 atom stereocenters. The third-order valence-electron chi connectivity index (χ3n) is 3.07. The van der Waals surface area contributed by atoms with Gasteiger partial charge in [0.15, 0.2) is 0 Å². The van der Waals surface area contributed by atoms with Crippen molar-refractivity contribution in [3.05, 3.63) is 59.7 Å². The van der Waals surface area contributed by atoms with E-state index >= 15 is 0 Å². The minimum absolute atomic E-state index is 0.0256. The molecule has 1 aliphatic rings. The first-order valence-corrected chi connectivity index (χ1v) is 6.44. The average molecular weight is 237 g/mol. The van der Waals surface area contributed by atoms with Gasteiger partial charge in [-0.25, -0.2) is 0 Å². The van der Waals surface area contributed by atoms with Crippen LogP contribution in [-0.2, 0) is 6.42 Å². The van der Waals surface area contributed by atoms with Crippen LogP contribution in [0.15, 0.2) is 58.3 Å². The maximum atomic E-state index is 9.33. The first-order chi connectivity index (χ1) is 8.38. The molecule has 0 N–H and O–H groups in total. The van der Waals surface area contributed by atoms with Gasteiger partial charge in [-0.3, -0.25) is 0 Å². The summed E-state index contributed by atoms with van der Waals surface area (Å²) in [5.74, 6) is -0.0256. The Labute approximate surface area is 105 Å². The molecule has 0 unspecified atom stereocenters. The van der Waals surface area contributed by atoms with E-state index < -0.39 is 0 Å². The van der Waals surface area contributed by atoms with Crippen LogP contribution in [0.1, 0.15) is 17.0 Å². The second kappa shape index (κ2) is 4.27. The molecule has 82 valence electrons. The first kappa shape index (κ1) is 10.4. The standard InChI is InChI=1S/C15H11NS/c16-10-12-9-11-5-1-3-7-14(11)17-15-8-4-2-6-13(12)15/h1-8,12H,9H2/t12-/m1/s1. The first-order valence-electron chi connectivity index (χ1n) is 5.63. The van der Waals surface area contributed by atoms with Gasteiger partial charge in [-0.1, -0.05) is 48.2 Å². The highest BCUT2D eigenvalue weighted by Gasteiger charge is 2.21. The summed E-state index contributed by atoms with van der Waals surface area (Å²) in [5, 5.41) is 9.33. The van der Waals surface area contributed by atoms with E-state index in [9.17, 15) is 5.26 Å². The SMILES string of the molecule is N#C[C@H]1Cc2ccccc2Sc2ccccc21. The second-order valence-corrected chi connectivity index (χ2v) is 5.22. The molecule has 0 aromatic heterocycles. The highest BCUT2D eigenvalue weighted by Crippen LogP contribution is 2.40. The van der Waals surface area contributed by atoms with E-state index in [1.54, 1.807) is 11.8 Å². The Hall–Kier alpha value is -1.72. The van der Waals surface area contributed by atoms with Gasteiger partial charge in [0.25, 0.3) is 0 Å². The van der Waals surface area contributed by atoms with Crippen molar-refractivity contribution in [3.8, 4) is 6.07 Å². The van der Waals surface area contributed by atoms with E-state index in [0.29, 0.717) is 0 Å². The summed E-state index contributed by atoms with van der Waals surface area (Å²) in [6.07, 6.45) is 0.816. The van der Waals surface area contributed by atoms with E-state index in [-0.39, 0.29) is 5.92 Å². The quantitative estimate of drug-likeness (QED) is 0.691. The minimum Gasteiger partial charge on any atom is -0.198 e. The molecule has 2 aromatic carbocycles. The maximum absolute atomic E-state index is 9.33. The highest BCUT2D eigenvalue weighted by molar-refractivity contribution is 7.99. The van der Waals surface area contributed by atoms with Crippen LogP contribution in [-0.4, -0.2) is 0 Å². The van der Waals surface area contributed by atoms with E-state index in [1.165, 1.54) is 15.4 Å². The molecular weight excluding hydrogens is 226 g/mol. The van der Waals surface area contributed by atoms with Crippen LogP contribution < -0.4 is 0 Å². The zero-order chi connectivity index (χ0) is 11.7. The lowest BCUT2D eigenvalue weighted by molar-refractivity contribution is 0.826. The lowest BCUT2D eigenvalue weighted by atomic mass is 9.93. The van der Waals surface area contributed by atoms with Crippen LogP contribution in [0.5, 0.6) is 0 Å². The molecule has 2 heteroatoms. The molecule has 1 heterocycles. The molecule has 0 aliphatic carbocycles. The van der Waals surface area contributed by atoms with Crippen molar-refractivity contribution in [2.45, 2.75) is 22.1 Å². The summed E-state index contributed by atoms with van der Waals surface area (Å²) in [4.78, 5) is 2.49. The molecule has 0 fully saturated rings. The van der Waals surface area contributed by atoms with Gasteiger partial charge < -0.3 is 0 Å². The van der Waals surface area contributed by atoms with Crippen molar-refractivity contribution in [1.82, 2.24) is 0 Å². The molecular formula is C15H11NS. The van der Waals surface area contributed by atoms with Gasteiger partial charge in [0.2, 0.25) is 0 Å². The normalized spacial score (nSPS) is 17.5. The van der Waals surface area contributed by atoms with Crippen molar-refractivity contribution >= 4 is 11.8 Å². The lowest BCUT2D eigenvalue weighted by Crippen LogP contribution is -1.99. The molecule has 0 saturated carbocycles. The summed E-state index contributed by atoms with van der Waals surface area (Å²) < 4.78 is 0. The molecule has 0 radical (unpaired) electrons. The third-order valence-corrected chi connectivity index (χ3v) is 4.28. The number of fused-ring (bicyclic) bond motifs is 2. The molecule has 1 nitrogen and oxygen atoms in total. The fourth-order valence-electron chi connectivity index (χ4n) is 2.20. The number of hydrogen-bond donors (Lipinski definition) is 0. The average Bonchev–Trinajstić information content (AvgIpc) is 2.54. The molecule has 1 aliphatic heterocycles. The van der Waals surface area contributed by atoms with Crippen molar-refractivity contribution in [2.75, 3.05) is 0 Å². The van der Waals surface area contributed by atoms with Gasteiger partial charge in [-0.05, 0) is 29.7 Å². The number of rotatable bonds is 0. The predicted octanol–water partition coefficient (Wildman–Crippen LogP) is 4.00. The largest absolute Gasteiger partial charge is 0.198 e. The molecule has 3 rings (SSSR count). The zero-order valence-corrected chi connectivity index (χ0v) is 10.1. The van der Waals surface area contributed by atoms with E-state index in [4.69, 9.17) is 0 Å². The highest BCUT2D eigenvalue weighted by atomic mass is 32.2.